The molecule has 5 nitrogen and oxygen atoms in total. The van der Waals surface area contributed by atoms with E-state index in [0.717, 1.165) is 41.2 Å². The molecule has 1 N–H and O–H groups in total. The summed E-state index contributed by atoms with van der Waals surface area (Å²) in [6.07, 6.45) is 2.50. The number of rotatable bonds is 6. The molecular formula is C28H27N3O2. The number of aromatic amines is 1. The van der Waals surface area contributed by atoms with Gasteiger partial charge >= 0.3 is 0 Å². The van der Waals surface area contributed by atoms with Crippen molar-refractivity contribution < 1.29 is 4.74 Å². The van der Waals surface area contributed by atoms with Gasteiger partial charge in [-0.1, -0.05) is 49.4 Å². The number of hydrogen-bond donors (Lipinski definition) is 1. The molecular weight excluding hydrogens is 410 g/mol. The van der Waals surface area contributed by atoms with Crippen molar-refractivity contribution in [1.29, 1.82) is 0 Å². The lowest BCUT2D eigenvalue weighted by Crippen LogP contribution is -2.22. The smallest absolute Gasteiger partial charge is 0.280 e. The fourth-order valence-electron chi connectivity index (χ4n) is 4.61. The molecule has 0 spiro atoms. The predicted molar refractivity (Wildman–Crippen MR) is 133 cm³/mol. The molecule has 1 aromatic heterocycles. The van der Waals surface area contributed by atoms with Crippen LogP contribution >= 0.6 is 0 Å². The molecule has 166 valence electrons. The van der Waals surface area contributed by atoms with Gasteiger partial charge in [-0.25, -0.2) is 4.68 Å². The Morgan fingerprint density at radius 3 is 2.21 bits per heavy atom. The first kappa shape index (κ1) is 21.0. The van der Waals surface area contributed by atoms with E-state index in [9.17, 15) is 4.79 Å². The number of nitrogens with zero attached hydrogens (tertiary/aromatic N) is 2. The zero-order valence-corrected chi connectivity index (χ0v) is 18.9. The molecule has 1 aliphatic rings. The van der Waals surface area contributed by atoms with E-state index in [1.807, 2.05) is 54.6 Å². The van der Waals surface area contributed by atoms with Crippen LogP contribution in [0.4, 0.5) is 0 Å². The van der Waals surface area contributed by atoms with Crippen molar-refractivity contribution >= 4 is 5.71 Å². The van der Waals surface area contributed by atoms with Crippen molar-refractivity contribution in [2.45, 2.75) is 32.2 Å². The molecule has 3 aromatic carbocycles. The minimum atomic E-state index is -0.0804. The molecule has 5 rings (SSSR count). The lowest BCUT2D eigenvalue weighted by molar-refractivity contribution is 0.415. The van der Waals surface area contributed by atoms with Crippen LogP contribution in [0.25, 0.3) is 16.9 Å². The van der Waals surface area contributed by atoms with Crippen LogP contribution < -0.4 is 10.3 Å². The van der Waals surface area contributed by atoms with Gasteiger partial charge in [0, 0.05) is 11.3 Å². The van der Waals surface area contributed by atoms with Gasteiger partial charge in [-0.2, -0.15) is 0 Å². The van der Waals surface area contributed by atoms with E-state index >= 15 is 0 Å². The zero-order valence-electron chi connectivity index (χ0n) is 18.9. The molecule has 0 unspecified atom stereocenters. The maximum atomic E-state index is 13.7. The summed E-state index contributed by atoms with van der Waals surface area (Å²) in [5.74, 6) is 0.776. The summed E-state index contributed by atoms with van der Waals surface area (Å²) in [6.45, 7) is 2.07. The van der Waals surface area contributed by atoms with Crippen LogP contribution in [0.1, 0.15) is 30.0 Å². The van der Waals surface area contributed by atoms with Gasteiger partial charge in [0.15, 0.2) is 0 Å². The molecule has 0 saturated carbocycles. The van der Waals surface area contributed by atoms with Crippen molar-refractivity contribution in [3.8, 4) is 22.7 Å². The fraction of sp³-hybridized carbons (Fsp3) is 0.214. The summed E-state index contributed by atoms with van der Waals surface area (Å²) in [5.41, 5.74) is 6.61. The highest BCUT2D eigenvalue weighted by Crippen LogP contribution is 2.27. The molecule has 0 saturated heterocycles. The molecule has 1 aliphatic carbocycles. The van der Waals surface area contributed by atoms with Crippen LogP contribution in [0.2, 0.25) is 0 Å². The van der Waals surface area contributed by atoms with Crippen LogP contribution in [0.3, 0.4) is 0 Å². The van der Waals surface area contributed by atoms with Crippen molar-refractivity contribution in [2.24, 2.45) is 4.99 Å². The number of aliphatic imine (C=N–C) groups is 1. The first-order valence-electron chi connectivity index (χ1n) is 11.4. The predicted octanol–water partition coefficient (Wildman–Crippen LogP) is 5.21. The average molecular weight is 438 g/mol. The van der Waals surface area contributed by atoms with Gasteiger partial charge < -0.3 is 4.74 Å². The number of nitrogens with one attached hydrogen (secondary N) is 1. The highest BCUT2D eigenvalue weighted by molar-refractivity contribution is 6.05. The maximum absolute atomic E-state index is 13.7. The van der Waals surface area contributed by atoms with Gasteiger partial charge in [-0.3, -0.25) is 14.9 Å². The minimum absolute atomic E-state index is 0.0804. The second-order valence-electron chi connectivity index (χ2n) is 8.33. The number of methoxy groups -OCH3 is 1. The third-order valence-electron chi connectivity index (χ3n) is 6.27. The number of aromatic nitrogens is 2. The van der Waals surface area contributed by atoms with Crippen molar-refractivity contribution in [1.82, 2.24) is 9.78 Å². The van der Waals surface area contributed by atoms with Gasteiger partial charge in [-0.15, -0.1) is 0 Å². The van der Waals surface area contributed by atoms with Gasteiger partial charge in [0.1, 0.15) is 5.75 Å². The second-order valence-corrected chi connectivity index (χ2v) is 8.33. The van der Waals surface area contributed by atoms with E-state index in [2.05, 4.69) is 36.3 Å². The van der Waals surface area contributed by atoms with E-state index in [1.165, 1.54) is 11.1 Å². The van der Waals surface area contributed by atoms with Crippen LogP contribution in [0.5, 0.6) is 5.75 Å². The highest BCUT2D eigenvalue weighted by atomic mass is 16.5. The molecule has 33 heavy (non-hydrogen) atoms. The van der Waals surface area contributed by atoms with Gasteiger partial charge in [0.25, 0.3) is 5.56 Å². The number of benzene rings is 3. The lowest BCUT2D eigenvalue weighted by atomic mass is 10.0. The van der Waals surface area contributed by atoms with Crippen molar-refractivity contribution in [3.05, 3.63) is 106 Å². The van der Waals surface area contributed by atoms with E-state index in [4.69, 9.17) is 9.73 Å². The first-order chi connectivity index (χ1) is 16.2. The fourth-order valence-corrected chi connectivity index (χ4v) is 4.61. The molecule has 0 radical (unpaired) electrons. The Morgan fingerprint density at radius 2 is 1.61 bits per heavy atom. The molecule has 0 bridgehead atoms. The summed E-state index contributed by atoms with van der Waals surface area (Å²) >= 11 is 0. The second kappa shape index (κ2) is 8.94. The van der Waals surface area contributed by atoms with E-state index in [0.29, 0.717) is 12.0 Å². The Bertz CT molecular complexity index is 1320. The van der Waals surface area contributed by atoms with Crippen LogP contribution in [-0.2, 0) is 12.8 Å². The van der Waals surface area contributed by atoms with E-state index in [1.54, 1.807) is 11.8 Å². The Morgan fingerprint density at radius 1 is 0.970 bits per heavy atom. The normalized spacial score (nSPS) is 13.8. The summed E-state index contributed by atoms with van der Waals surface area (Å²) in [5, 5.41) is 3.36. The molecule has 4 aromatic rings. The Kier molecular flexibility index (Phi) is 5.69. The molecule has 5 heteroatoms. The topological polar surface area (TPSA) is 59.4 Å². The summed E-state index contributed by atoms with van der Waals surface area (Å²) in [4.78, 5) is 18.8. The number of H-pyrrole nitrogens is 1. The number of para-hydroxylation sites is 1. The Hall–Kier alpha value is -3.86. The largest absolute Gasteiger partial charge is 0.497 e. The Balaban J connectivity index is 1.62. The number of hydrogen-bond acceptors (Lipinski definition) is 3. The molecule has 1 heterocycles. The van der Waals surface area contributed by atoms with E-state index in [-0.39, 0.29) is 11.6 Å². The highest BCUT2D eigenvalue weighted by Gasteiger charge is 2.24. The van der Waals surface area contributed by atoms with Crippen LogP contribution in [0.15, 0.2) is 88.6 Å². The third-order valence-corrected chi connectivity index (χ3v) is 6.27. The summed E-state index contributed by atoms with van der Waals surface area (Å²) in [7, 11) is 1.65. The van der Waals surface area contributed by atoms with Gasteiger partial charge in [0.05, 0.1) is 30.1 Å². The minimum Gasteiger partial charge on any atom is -0.497 e. The van der Waals surface area contributed by atoms with Crippen LogP contribution in [-0.4, -0.2) is 28.6 Å². The molecule has 0 aliphatic heterocycles. The van der Waals surface area contributed by atoms with E-state index < -0.39 is 0 Å². The summed E-state index contributed by atoms with van der Waals surface area (Å²) < 4.78 is 6.94. The quantitative estimate of drug-likeness (QED) is 0.421. The maximum Gasteiger partial charge on any atom is 0.280 e. The number of fused-ring (bicyclic) bond motifs is 1. The third kappa shape index (κ3) is 4.02. The summed E-state index contributed by atoms with van der Waals surface area (Å²) in [6, 6.07) is 26.1. The lowest BCUT2D eigenvalue weighted by Gasteiger charge is -2.09. The molecule has 0 amide bonds. The average Bonchev–Trinajstić information content (AvgIpc) is 3.43. The zero-order chi connectivity index (χ0) is 22.8. The standard InChI is InChI=1S/C28H27N3O2/c1-3-25(29-22-17-20-9-7-8-10-21(20)18-22)26-27(19-13-15-24(33-2)16-14-19)30-31(28(26)32)23-11-5-4-6-12-23/h4-16,22,30H,3,17-18H2,1-2H3. The van der Waals surface area contributed by atoms with Crippen LogP contribution in [0, 0.1) is 0 Å². The van der Waals surface area contributed by atoms with Crippen molar-refractivity contribution in [3.63, 3.8) is 0 Å². The van der Waals surface area contributed by atoms with Crippen molar-refractivity contribution in [2.75, 3.05) is 7.11 Å². The molecule has 0 fully saturated rings. The Labute approximate surface area is 193 Å². The monoisotopic (exact) mass is 437 g/mol. The van der Waals surface area contributed by atoms with Gasteiger partial charge in [0.2, 0.25) is 0 Å². The molecule has 0 atom stereocenters. The van der Waals surface area contributed by atoms with Gasteiger partial charge in [-0.05, 0) is 66.8 Å². The number of ether oxygens (including phenoxy) is 1. The first-order valence-corrected chi connectivity index (χ1v) is 11.4. The SMILES string of the molecule is CCC(=NC1Cc2ccccc2C1)c1c(-c2ccc(OC)cc2)[nH]n(-c2ccccc2)c1=O.